The van der Waals surface area contributed by atoms with Crippen LogP contribution < -0.4 is 16.4 Å². The van der Waals surface area contributed by atoms with Crippen molar-refractivity contribution in [2.45, 2.75) is 11.3 Å². The predicted octanol–water partition coefficient (Wildman–Crippen LogP) is -0.922. The van der Waals surface area contributed by atoms with Crippen LogP contribution in [0.15, 0.2) is 43.7 Å². The number of nitrogens with two attached hydrogens (primary N) is 1. The number of rotatable bonds is 5. The molecule has 0 radical (unpaired) electrons. The van der Waals surface area contributed by atoms with Gasteiger partial charge in [-0.05, 0) is 24.1 Å². The van der Waals surface area contributed by atoms with E-state index in [1.807, 2.05) is 9.97 Å². The molecule has 9 nitrogen and oxygen atoms in total. The van der Waals surface area contributed by atoms with Crippen molar-refractivity contribution in [3.8, 4) is 5.88 Å². The molecule has 0 atom stereocenters. The Hall–Kier alpha value is -2.72. The monoisotopic (exact) mass is 338 g/mol. The molecule has 0 bridgehead atoms. The molecule has 0 amide bonds. The molecule has 2 aromatic rings. The van der Waals surface area contributed by atoms with Crippen LogP contribution in [0.3, 0.4) is 0 Å². The number of aromatic amines is 2. The topological polar surface area (TPSA) is 158 Å². The van der Waals surface area contributed by atoms with Crippen molar-refractivity contribution < 1.29 is 13.5 Å². The zero-order valence-electron chi connectivity index (χ0n) is 11.8. The Morgan fingerprint density at radius 2 is 1.83 bits per heavy atom. The van der Waals surface area contributed by atoms with Crippen molar-refractivity contribution in [1.29, 1.82) is 0 Å². The molecule has 0 aliphatic rings. The summed E-state index contributed by atoms with van der Waals surface area (Å²) in [5.74, 6) is -0.556. The highest BCUT2D eigenvalue weighted by Crippen LogP contribution is 2.09. The van der Waals surface area contributed by atoms with Gasteiger partial charge in [-0.15, -0.1) is 0 Å². The normalized spacial score (nSPS) is 11.9. The number of nitrogens with one attached hydrogen (secondary N) is 2. The molecule has 0 saturated carbocycles. The lowest BCUT2D eigenvalue weighted by molar-refractivity contribution is 0.447. The summed E-state index contributed by atoms with van der Waals surface area (Å²) in [7, 11) is -3.72. The van der Waals surface area contributed by atoms with Crippen LogP contribution in [0.25, 0.3) is 0 Å². The number of H-pyrrole nitrogens is 2. The average Bonchev–Trinajstić information content (AvgIpc) is 2.45. The summed E-state index contributed by atoms with van der Waals surface area (Å²) in [6.07, 6.45) is 1.65. The number of sulfonamides is 1. The third kappa shape index (κ3) is 4.37. The third-order valence-electron chi connectivity index (χ3n) is 2.96. The molecule has 0 saturated heterocycles. The van der Waals surface area contributed by atoms with Crippen LogP contribution in [0.5, 0.6) is 5.88 Å². The van der Waals surface area contributed by atoms with Gasteiger partial charge < -0.3 is 5.11 Å². The van der Waals surface area contributed by atoms with E-state index in [1.165, 1.54) is 12.1 Å². The van der Waals surface area contributed by atoms with Gasteiger partial charge in [0.2, 0.25) is 15.9 Å². The standard InChI is InChI=1S/C13H14N4O5S/c14-23(21,22)9-3-1-8(2-4-9)5-6-15-7-10-11(18)16-13(20)17-12(10)19/h1-4,7H,5-6H2,(H2,14,21,22)(H3,16,17,18,19,20). The van der Waals surface area contributed by atoms with E-state index in [0.29, 0.717) is 13.0 Å². The fourth-order valence-electron chi connectivity index (χ4n) is 1.80. The van der Waals surface area contributed by atoms with Gasteiger partial charge in [0, 0.05) is 12.8 Å². The minimum absolute atomic E-state index is 0.0226. The zero-order valence-corrected chi connectivity index (χ0v) is 12.6. The van der Waals surface area contributed by atoms with Crippen LogP contribution in [0.2, 0.25) is 0 Å². The van der Waals surface area contributed by atoms with E-state index in [1.54, 1.807) is 12.1 Å². The van der Waals surface area contributed by atoms with Crippen molar-refractivity contribution in [1.82, 2.24) is 9.97 Å². The van der Waals surface area contributed by atoms with Crippen LogP contribution in [0.1, 0.15) is 11.1 Å². The molecule has 0 aliphatic carbocycles. The summed E-state index contributed by atoms with van der Waals surface area (Å²) in [6.45, 7) is 0.298. The molecule has 0 aliphatic heterocycles. The largest absolute Gasteiger partial charge is 0.494 e. The molecule has 5 N–H and O–H groups in total. The van der Waals surface area contributed by atoms with E-state index in [2.05, 4.69) is 4.99 Å². The number of primary sulfonamides is 1. The highest BCUT2D eigenvalue weighted by molar-refractivity contribution is 7.89. The minimum atomic E-state index is -3.72. The quantitative estimate of drug-likeness (QED) is 0.518. The van der Waals surface area contributed by atoms with Gasteiger partial charge in [0.05, 0.1) is 4.90 Å². The van der Waals surface area contributed by atoms with E-state index < -0.39 is 27.2 Å². The third-order valence-corrected chi connectivity index (χ3v) is 3.89. The molecule has 1 aromatic carbocycles. The highest BCUT2D eigenvalue weighted by atomic mass is 32.2. The molecule has 23 heavy (non-hydrogen) atoms. The molecule has 122 valence electrons. The highest BCUT2D eigenvalue weighted by Gasteiger charge is 2.07. The minimum Gasteiger partial charge on any atom is -0.494 e. The van der Waals surface area contributed by atoms with Crippen LogP contribution in [0, 0.1) is 0 Å². The second-order valence-corrected chi connectivity index (χ2v) is 6.21. The van der Waals surface area contributed by atoms with Gasteiger partial charge in [-0.25, -0.2) is 18.4 Å². The summed E-state index contributed by atoms with van der Waals surface area (Å²) in [6, 6.07) is 6.01. The van der Waals surface area contributed by atoms with Crippen LogP contribution in [-0.2, 0) is 16.4 Å². The SMILES string of the molecule is NS(=O)(=O)c1ccc(CCN=Cc2c(O)[nH]c(=O)[nH]c2=O)cc1. The molecule has 2 rings (SSSR count). The van der Waals surface area contributed by atoms with Gasteiger partial charge >= 0.3 is 5.69 Å². The lowest BCUT2D eigenvalue weighted by atomic mass is 10.1. The smallest absolute Gasteiger partial charge is 0.328 e. The van der Waals surface area contributed by atoms with Gasteiger partial charge in [-0.2, -0.15) is 0 Å². The maximum Gasteiger partial charge on any atom is 0.328 e. The van der Waals surface area contributed by atoms with Crippen LogP contribution in [0.4, 0.5) is 0 Å². The molecule has 10 heteroatoms. The van der Waals surface area contributed by atoms with Gasteiger partial charge in [-0.3, -0.25) is 19.8 Å². The maximum atomic E-state index is 11.5. The lowest BCUT2D eigenvalue weighted by Gasteiger charge is -2.01. The van der Waals surface area contributed by atoms with Crippen molar-refractivity contribution in [2.24, 2.45) is 10.1 Å². The second kappa shape index (κ2) is 6.58. The number of hydrogen-bond donors (Lipinski definition) is 4. The van der Waals surface area contributed by atoms with E-state index in [9.17, 15) is 23.1 Å². The fourth-order valence-corrected chi connectivity index (χ4v) is 2.31. The lowest BCUT2D eigenvalue weighted by Crippen LogP contribution is -2.24. The van der Waals surface area contributed by atoms with Gasteiger partial charge in [-0.1, -0.05) is 12.1 Å². The van der Waals surface area contributed by atoms with Crippen molar-refractivity contribution in [3.05, 3.63) is 56.2 Å². The van der Waals surface area contributed by atoms with Gasteiger partial charge in [0.15, 0.2) is 0 Å². The first-order valence-corrected chi connectivity index (χ1v) is 7.99. The van der Waals surface area contributed by atoms with E-state index in [4.69, 9.17) is 5.14 Å². The Kier molecular flexibility index (Phi) is 4.77. The summed E-state index contributed by atoms with van der Waals surface area (Å²) in [4.78, 5) is 30.4. The van der Waals surface area contributed by atoms with E-state index >= 15 is 0 Å². The number of benzene rings is 1. The molecule has 0 spiro atoms. The van der Waals surface area contributed by atoms with Crippen molar-refractivity contribution >= 4 is 16.2 Å². The fraction of sp³-hybridized carbons (Fsp3) is 0.154. The van der Waals surface area contributed by atoms with Gasteiger partial charge in [0.1, 0.15) is 5.56 Å². The first-order chi connectivity index (χ1) is 10.8. The van der Waals surface area contributed by atoms with Gasteiger partial charge in [0.25, 0.3) is 5.56 Å². The van der Waals surface area contributed by atoms with E-state index in [-0.39, 0.29) is 10.5 Å². The predicted molar refractivity (Wildman–Crippen MR) is 83.3 cm³/mol. The molecule has 1 aromatic heterocycles. The Morgan fingerprint density at radius 3 is 2.39 bits per heavy atom. The maximum absolute atomic E-state index is 11.5. The average molecular weight is 338 g/mol. The van der Waals surface area contributed by atoms with E-state index in [0.717, 1.165) is 11.8 Å². The summed E-state index contributed by atoms with van der Waals surface area (Å²) >= 11 is 0. The summed E-state index contributed by atoms with van der Waals surface area (Å²) < 4.78 is 22.2. The Balaban J connectivity index is 2.03. The molecular formula is C13H14N4O5S. The first kappa shape index (κ1) is 16.6. The summed E-state index contributed by atoms with van der Waals surface area (Å²) in [5, 5.41) is 14.5. The van der Waals surface area contributed by atoms with Crippen molar-refractivity contribution in [3.63, 3.8) is 0 Å². The van der Waals surface area contributed by atoms with Crippen LogP contribution in [-0.4, -0.2) is 36.3 Å². The molecule has 0 fully saturated rings. The number of aromatic hydroxyl groups is 1. The Labute approximate surface area is 130 Å². The molecule has 0 unspecified atom stereocenters. The zero-order chi connectivity index (χ0) is 17.0. The first-order valence-electron chi connectivity index (χ1n) is 6.44. The number of nitrogens with zero attached hydrogens (tertiary/aromatic N) is 1. The number of hydrogen-bond acceptors (Lipinski definition) is 6. The molecular weight excluding hydrogens is 324 g/mol. The summed E-state index contributed by atoms with van der Waals surface area (Å²) in [5.41, 5.74) is -0.865. The Bertz CT molecular complexity index is 942. The molecule has 1 heterocycles. The van der Waals surface area contributed by atoms with Crippen LogP contribution >= 0.6 is 0 Å². The number of aliphatic imine (C=N–C) groups is 1. The number of aromatic nitrogens is 2. The van der Waals surface area contributed by atoms with Crippen molar-refractivity contribution in [2.75, 3.05) is 6.54 Å². The second-order valence-electron chi connectivity index (χ2n) is 4.64. The Morgan fingerprint density at radius 1 is 1.17 bits per heavy atom.